The molecule has 0 fully saturated rings. The van der Waals surface area contributed by atoms with E-state index >= 15 is 0 Å². The number of hydrogen-bond acceptors (Lipinski definition) is 3. The number of nitrogens with zero attached hydrogens (tertiary/aromatic N) is 4. The SMILES string of the molecule is C=C1CN(CC(F)(F)F)C(=O)c2c3c(nn2C1)CCN(C(=O)c1ccc(Cl)c(Cl)c1)C3. The first-order chi connectivity index (χ1) is 14.5. The van der Waals surface area contributed by atoms with Crippen molar-refractivity contribution in [3.05, 3.63) is 62.9 Å². The van der Waals surface area contributed by atoms with Crippen molar-refractivity contribution in [1.82, 2.24) is 19.6 Å². The number of alkyl halides is 3. The van der Waals surface area contributed by atoms with Gasteiger partial charge in [0.2, 0.25) is 0 Å². The molecule has 2 aliphatic heterocycles. The van der Waals surface area contributed by atoms with Gasteiger partial charge in [-0.15, -0.1) is 0 Å². The Kier molecular flexibility index (Phi) is 5.51. The van der Waals surface area contributed by atoms with Crippen molar-refractivity contribution < 1.29 is 22.8 Å². The first-order valence-electron chi connectivity index (χ1n) is 9.39. The minimum atomic E-state index is -4.54. The zero-order valence-corrected chi connectivity index (χ0v) is 17.7. The number of halogens is 5. The summed E-state index contributed by atoms with van der Waals surface area (Å²) in [6, 6.07) is 4.52. The Morgan fingerprint density at radius 2 is 1.90 bits per heavy atom. The standard InChI is InChI=1S/C20H17Cl2F3N4O2/c1-11-7-28(10-20(23,24)25)19(31)17-13-9-27(5-4-16(13)26-29(17)8-11)18(30)12-2-3-14(21)15(22)6-12/h2-3,6H,1,4-5,7-10H2. The lowest BCUT2D eigenvalue weighted by molar-refractivity contribution is -0.139. The van der Waals surface area contributed by atoms with E-state index in [-0.39, 0.29) is 36.3 Å². The molecule has 0 N–H and O–H groups in total. The predicted octanol–water partition coefficient (Wildman–Crippen LogP) is 3.96. The van der Waals surface area contributed by atoms with E-state index in [1.165, 1.54) is 21.7 Å². The van der Waals surface area contributed by atoms with E-state index in [1.807, 2.05) is 0 Å². The molecule has 2 aromatic rings. The molecule has 1 aromatic heterocycles. The quantitative estimate of drug-likeness (QED) is 0.621. The van der Waals surface area contributed by atoms with E-state index in [2.05, 4.69) is 11.7 Å². The van der Waals surface area contributed by atoms with Gasteiger partial charge in [0.05, 0.1) is 28.8 Å². The molecule has 0 bridgehead atoms. The molecule has 2 amide bonds. The van der Waals surface area contributed by atoms with E-state index < -0.39 is 18.6 Å². The lowest BCUT2D eigenvalue weighted by Crippen LogP contribution is -2.41. The molecular formula is C20H17Cl2F3N4O2. The maximum Gasteiger partial charge on any atom is 0.406 e. The fourth-order valence-corrected chi connectivity index (χ4v) is 4.16. The second kappa shape index (κ2) is 7.87. The van der Waals surface area contributed by atoms with Crippen molar-refractivity contribution in [2.45, 2.75) is 25.7 Å². The van der Waals surface area contributed by atoms with Crippen LogP contribution in [0.5, 0.6) is 0 Å². The van der Waals surface area contributed by atoms with Crippen molar-refractivity contribution in [1.29, 1.82) is 0 Å². The highest BCUT2D eigenvalue weighted by atomic mass is 35.5. The summed E-state index contributed by atoms with van der Waals surface area (Å²) in [5.41, 5.74) is 1.91. The van der Waals surface area contributed by atoms with Crippen LogP contribution in [-0.2, 0) is 19.5 Å². The van der Waals surface area contributed by atoms with Crippen LogP contribution >= 0.6 is 23.2 Å². The Labute approximate surface area is 185 Å². The number of carbonyl (C=O) groups excluding carboxylic acids is 2. The van der Waals surface area contributed by atoms with E-state index in [4.69, 9.17) is 23.2 Å². The zero-order chi connectivity index (χ0) is 22.5. The van der Waals surface area contributed by atoms with Gasteiger partial charge in [0.1, 0.15) is 12.2 Å². The van der Waals surface area contributed by atoms with E-state index in [0.717, 1.165) is 4.90 Å². The number of rotatable bonds is 2. The van der Waals surface area contributed by atoms with Crippen molar-refractivity contribution in [2.75, 3.05) is 19.6 Å². The molecule has 0 radical (unpaired) electrons. The van der Waals surface area contributed by atoms with E-state index in [9.17, 15) is 22.8 Å². The summed E-state index contributed by atoms with van der Waals surface area (Å²) in [5.74, 6) is -1.09. The number of fused-ring (bicyclic) bond motifs is 3. The van der Waals surface area contributed by atoms with Crippen LogP contribution < -0.4 is 0 Å². The highest BCUT2D eigenvalue weighted by molar-refractivity contribution is 6.42. The molecule has 3 heterocycles. The van der Waals surface area contributed by atoms with Crippen LogP contribution in [0.3, 0.4) is 0 Å². The van der Waals surface area contributed by atoms with Gasteiger partial charge >= 0.3 is 6.18 Å². The summed E-state index contributed by atoms with van der Waals surface area (Å²) >= 11 is 11.9. The molecule has 164 valence electrons. The molecule has 0 unspecified atom stereocenters. The topological polar surface area (TPSA) is 58.4 Å². The fraction of sp³-hybridized carbons (Fsp3) is 0.350. The first kappa shape index (κ1) is 21.7. The normalized spacial score (nSPS) is 16.8. The highest BCUT2D eigenvalue weighted by Gasteiger charge is 2.39. The third kappa shape index (κ3) is 4.29. The number of benzene rings is 1. The summed E-state index contributed by atoms with van der Waals surface area (Å²) in [5, 5.41) is 4.98. The van der Waals surface area contributed by atoms with Gasteiger partial charge < -0.3 is 9.80 Å². The number of carbonyl (C=O) groups is 2. The molecule has 2 aliphatic rings. The van der Waals surface area contributed by atoms with Crippen LogP contribution in [0.15, 0.2) is 30.4 Å². The van der Waals surface area contributed by atoms with Gasteiger partial charge in [0.25, 0.3) is 11.8 Å². The summed E-state index contributed by atoms with van der Waals surface area (Å²) in [4.78, 5) is 28.2. The average molecular weight is 473 g/mol. The molecule has 0 saturated heterocycles. The number of hydrogen-bond donors (Lipinski definition) is 0. The van der Waals surface area contributed by atoms with Crippen LogP contribution in [0, 0.1) is 0 Å². The molecule has 31 heavy (non-hydrogen) atoms. The number of amides is 2. The van der Waals surface area contributed by atoms with Crippen molar-refractivity contribution >= 4 is 35.0 Å². The van der Waals surface area contributed by atoms with Gasteiger partial charge in [-0.2, -0.15) is 18.3 Å². The largest absolute Gasteiger partial charge is 0.406 e. The Morgan fingerprint density at radius 3 is 2.58 bits per heavy atom. The Hall–Kier alpha value is -2.52. The van der Waals surface area contributed by atoms with Crippen LogP contribution in [0.25, 0.3) is 0 Å². The molecule has 4 rings (SSSR count). The Balaban J connectivity index is 1.66. The van der Waals surface area contributed by atoms with Gasteiger partial charge in [0, 0.05) is 30.6 Å². The maximum absolute atomic E-state index is 13.0. The van der Waals surface area contributed by atoms with Crippen LogP contribution in [-0.4, -0.2) is 57.2 Å². The smallest absolute Gasteiger partial charge is 0.334 e. The van der Waals surface area contributed by atoms with Crippen LogP contribution in [0.1, 0.15) is 32.1 Å². The second-order valence-corrected chi connectivity index (χ2v) is 8.38. The Morgan fingerprint density at radius 1 is 1.16 bits per heavy atom. The van der Waals surface area contributed by atoms with E-state index in [0.29, 0.717) is 40.4 Å². The van der Waals surface area contributed by atoms with Crippen LogP contribution in [0.4, 0.5) is 13.2 Å². The molecule has 0 aliphatic carbocycles. The predicted molar refractivity (Wildman–Crippen MR) is 108 cm³/mol. The van der Waals surface area contributed by atoms with Crippen molar-refractivity contribution in [2.24, 2.45) is 0 Å². The minimum absolute atomic E-state index is 0.0574. The summed E-state index contributed by atoms with van der Waals surface area (Å²) in [6.45, 7) is 2.75. The molecule has 11 heteroatoms. The lowest BCUT2D eigenvalue weighted by Gasteiger charge is -2.28. The highest BCUT2D eigenvalue weighted by Crippen LogP contribution is 2.30. The lowest BCUT2D eigenvalue weighted by atomic mass is 10.0. The maximum atomic E-state index is 13.0. The molecule has 0 atom stereocenters. The zero-order valence-electron chi connectivity index (χ0n) is 16.2. The molecule has 0 saturated carbocycles. The third-order valence-corrected chi connectivity index (χ3v) is 5.94. The van der Waals surface area contributed by atoms with Gasteiger partial charge in [-0.05, 0) is 23.8 Å². The first-order valence-corrected chi connectivity index (χ1v) is 10.1. The van der Waals surface area contributed by atoms with Crippen LogP contribution in [0.2, 0.25) is 10.0 Å². The van der Waals surface area contributed by atoms with Gasteiger partial charge in [-0.25, -0.2) is 0 Å². The van der Waals surface area contributed by atoms with Gasteiger partial charge in [-0.1, -0.05) is 29.8 Å². The monoisotopic (exact) mass is 472 g/mol. The van der Waals surface area contributed by atoms with Crippen molar-refractivity contribution in [3.63, 3.8) is 0 Å². The minimum Gasteiger partial charge on any atom is -0.334 e. The molecule has 0 spiro atoms. The molecule has 6 nitrogen and oxygen atoms in total. The molecule has 1 aromatic carbocycles. The summed E-state index contributed by atoms with van der Waals surface area (Å²) in [7, 11) is 0. The number of aromatic nitrogens is 2. The van der Waals surface area contributed by atoms with Crippen molar-refractivity contribution in [3.8, 4) is 0 Å². The fourth-order valence-electron chi connectivity index (χ4n) is 3.86. The third-order valence-electron chi connectivity index (χ3n) is 5.20. The average Bonchev–Trinajstić information content (AvgIpc) is 2.98. The van der Waals surface area contributed by atoms with E-state index in [1.54, 1.807) is 6.07 Å². The molecular weight excluding hydrogens is 456 g/mol. The Bertz CT molecular complexity index is 1100. The summed E-state index contributed by atoms with van der Waals surface area (Å²) in [6.07, 6.45) is -4.16. The second-order valence-electron chi connectivity index (χ2n) is 7.56. The van der Waals surface area contributed by atoms with Gasteiger partial charge in [-0.3, -0.25) is 14.3 Å². The van der Waals surface area contributed by atoms with Gasteiger partial charge in [0.15, 0.2) is 0 Å². The summed E-state index contributed by atoms with van der Waals surface area (Å²) < 4.78 is 40.4.